The van der Waals surface area contributed by atoms with Crippen molar-refractivity contribution in [2.45, 2.75) is 0 Å². The molecule has 0 radical (unpaired) electrons. The van der Waals surface area contributed by atoms with Crippen molar-refractivity contribution in [1.82, 2.24) is 0 Å². The van der Waals surface area contributed by atoms with E-state index in [2.05, 4.69) is 0 Å². The van der Waals surface area contributed by atoms with E-state index in [9.17, 15) is 9.90 Å². The van der Waals surface area contributed by atoms with Crippen molar-refractivity contribution >= 4 is 21.5 Å². The Morgan fingerprint density at radius 3 is 2.12 bits per heavy atom. The van der Waals surface area contributed by atoms with Crippen molar-refractivity contribution < 1.29 is 5.11 Å². The summed E-state index contributed by atoms with van der Waals surface area (Å²) in [7, 11) is 0. The monoisotopic (exact) mass is 222 g/mol. The van der Waals surface area contributed by atoms with Crippen molar-refractivity contribution in [3.05, 3.63) is 64.8 Å². The number of hydrogen-bond donors (Lipinski definition) is 1. The van der Waals surface area contributed by atoms with E-state index in [4.69, 9.17) is 0 Å². The van der Waals surface area contributed by atoms with Gasteiger partial charge in [0, 0.05) is 5.39 Å². The summed E-state index contributed by atoms with van der Waals surface area (Å²) in [5.41, 5.74) is -0.345. The van der Waals surface area contributed by atoms with Crippen LogP contribution in [0.3, 0.4) is 0 Å². The number of fused-ring (bicyclic) bond motifs is 3. The van der Waals surface area contributed by atoms with Gasteiger partial charge in [-0.2, -0.15) is 0 Å². The Kier molecular flexibility index (Phi) is 2.08. The highest BCUT2D eigenvalue weighted by Crippen LogP contribution is 2.26. The third-order valence-corrected chi connectivity index (χ3v) is 2.95. The summed E-state index contributed by atoms with van der Waals surface area (Å²) < 4.78 is 0. The fraction of sp³-hybridized carbons (Fsp3) is 0. The van der Waals surface area contributed by atoms with Crippen molar-refractivity contribution in [3.63, 3.8) is 0 Å². The van der Waals surface area contributed by atoms with E-state index in [-0.39, 0.29) is 11.2 Å². The molecule has 0 unspecified atom stereocenters. The van der Waals surface area contributed by atoms with Gasteiger partial charge in [0.15, 0.2) is 5.75 Å². The molecule has 3 rings (SSSR count). The molecule has 17 heavy (non-hydrogen) atoms. The molecule has 0 saturated carbocycles. The second-order valence-corrected chi connectivity index (χ2v) is 3.99. The van der Waals surface area contributed by atoms with Gasteiger partial charge in [0.25, 0.3) is 0 Å². The van der Waals surface area contributed by atoms with Crippen molar-refractivity contribution in [1.29, 1.82) is 0 Å². The lowest BCUT2D eigenvalue weighted by Crippen LogP contribution is -1.92. The fourth-order valence-electron chi connectivity index (χ4n) is 2.13. The lowest BCUT2D eigenvalue weighted by Gasteiger charge is -1.97. The maximum absolute atomic E-state index is 11.8. The van der Waals surface area contributed by atoms with E-state index in [1.165, 1.54) is 6.07 Å². The van der Waals surface area contributed by atoms with Gasteiger partial charge in [0.2, 0.25) is 5.43 Å². The molecule has 0 aliphatic carbocycles. The van der Waals surface area contributed by atoms with E-state index < -0.39 is 0 Å². The minimum absolute atomic E-state index is 0.184. The van der Waals surface area contributed by atoms with Crippen LogP contribution in [0.25, 0.3) is 21.5 Å². The molecule has 0 saturated heterocycles. The van der Waals surface area contributed by atoms with Crippen LogP contribution < -0.4 is 5.43 Å². The molecule has 0 bridgehead atoms. The molecule has 0 fully saturated rings. The van der Waals surface area contributed by atoms with E-state index >= 15 is 0 Å². The van der Waals surface area contributed by atoms with Crippen LogP contribution in [-0.2, 0) is 0 Å². The molecule has 82 valence electrons. The maximum atomic E-state index is 11.8. The average Bonchev–Trinajstić information content (AvgIpc) is 2.48. The smallest absolute Gasteiger partial charge is 0.221 e. The number of hydrogen-bond acceptors (Lipinski definition) is 2. The molecule has 3 aromatic rings. The Morgan fingerprint density at radius 1 is 0.765 bits per heavy atom. The van der Waals surface area contributed by atoms with Crippen LogP contribution in [0.15, 0.2) is 59.4 Å². The third kappa shape index (κ3) is 1.46. The lowest BCUT2D eigenvalue weighted by molar-refractivity contribution is 0.477. The Balaban J connectivity index is 2.76. The average molecular weight is 222 g/mol. The van der Waals surface area contributed by atoms with Gasteiger partial charge in [0.05, 0.1) is 0 Å². The standard InChI is InChI=1S/C15H10O2/c16-14-9-10-5-1-2-6-11(10)12-7-3-4-8-13(12)15(14)17/h1-9H,(H,16,17). The molecule has 2 nitrogen and oxygen atoms in total. The van der Waals surface area contributed by atoms with Gasteiger partial charge < -0.3 is 5.11 Å². The number of rotatable bonds is 0. The second-order valence-electron chi connectivity index (χ2n) is 3.99. The highest BCUT2D eigenvalue weighted by Gasteiger charge is 2.05. The van der Waals surface area contributed by atoms with Crippen LogP contribution in [0.2, 0.25) is 0 Å². The van der Waals surface area contributed by atoms with Crippen LogP contribution in [0, 0.1) is 0 Å². The van der Waals surface area contributed by atoms with Gasteiger partial charge in [0.1, 0.15) is 0 Å². The zero-order valence-corrected chi connectivity index (χ0v) is 9.05. The summed E-state index contributed by atoms with van der Waals surface area (Å²) >= 11 is 0. The molecule has 0 heterocycles. The zero-order valence-electron chi connectivity index (χ0n) is 9.05. The van der Waals surface area contributed by atoms with Crippen LogP contribution in [-0.4, -0.2) is 5.11 Å². The molecule has 0 spiro atoms. The molecule has 3 aromatic carbocycles. The Morgan fingerprint density at radius 2 is 1.35 bits per heavy atom. The van der Waals surface area contributed by atoms with Gasteiger partial charge in [-0.3, -0.25) is 4.79 Å². The van der Waals surface area contributed by atoms with Gasteiger partial charge in [-0.15, -0.1) is 0 Å². The van der Waals surface area contributed by atoms with Gasteiger partial charge in [-0.25, -0.2) is 0 Å². The molecular formula is C15H10O2. The molecular weight excluding hydrogens is 212 g/mol. The summed E-state index contributed by atoms with van der Waals surface area (Å²) in [6.45, 7) is 0. The largest absolute Gasteiger partial charge is 0.504 e. The predicted octanol–water partition coefficient (Wildman–Crippen LogP) is 3.06. The molecule has 0 aliphatic heterocycles. The van der Waals surface area contributed by atoms with Crippen molar-refractivity contribution in [3.8, 4) is 5.75 Å². The molecule has 0 atom stereocenters. The summed E-state index contributed by atoms with van der Waals surface area (Å²) in [4.78, 5) is 11.8. The zero-order chi connectivity index (χ0) is 11.8. The SMILES string of the molecule is O=c1cc2ccccc2c2ccccc2c1O. The normalized spacial score (nSPS) is 10.8. The summed E-state index contributed by atoms with van der Waals surface area (Å²) in [6, 6.07) is 16.5. The van der Waals surface area contributed by atoms with E-state index in [0.29, 0.717) is 5.39 Å². The third-order valence-electron chi connectivity index (χ3n) is 2.95. The first-order valence-electron chi connectivity index (χ1n) is 5.41. The second kappa shape index (κ2) is 3.59. The van der Waals surface area contributed by atoms with Gasteiger partial charge >= 0.3 is 0 Å². The summed E-state index contributed by atoms with van der Waals surface area (Å²) in [6.07, 6.45) is 0. The number of benzene rings is 2. The minimum Gasteiger partial charge on any atom is -0.504 e. The molecule has 1 N–H and O–H groups in total. The Labute approximate surface area is 97.8 Å². The van der Waals surface area contributed by atoms with Crippen LogP contribution in [0.4, 0.5) is 0 Å². The lowest BCUT2D eigenvalue weighted by atomic mass is 10.1. The quantitative estimate of drug-likeness (QED) is 0.634. The van der Waals surface area contributed by atoms with Crippen LogP contribution in [0.5, 0.6) is 5.75 Å². The first-order valence-corrected chi connectivity index (χ1v) is 5.41. The maximum Gasteiger partial charge on any atom is 0.221 e. The van der Waals surface area contributed by atoms with Gasteiger partial charge in [-0.05, 0) is 22.2 Å². The molecule has 0 aromatic heterocycles. The van der Waals surface area contributed by atoms with Crippen molar-refractivity contribution in [2.24, 2.45) is 0 Å². The predicted molar refractivity (Wildman–Crippen MR) is 69.4 cm³/mol. The summed E-state index contributed by atoms with van der Waals surface area (Å²) in [5, 5.41) is 13.2. The van der Waals surface area contributed by atoms with Crippen LogP contribution >= 0.6 is 0 Å². The van der Waals surface area contributed by atoms with E-state index in [1.54, 1.807) is 6.07 Å². The molecule has 2 heteroatoms. The Hall–Kier alpha value is -2.35. The van der Waals surface area contributed by atoms with E-state index in [0.717, 1.165) is 16.2 Å². The molecule has 0 aliphatic rings. The molecule has 0 amide bonds. The number of aromatic hydroxyl groups is 1. The van der Waals surface area contributed by atoms with E-state index in [1.807, 2.05) is 42.5 Å². The fourth-order valence-corrected chi connectivity index (χ4v) is 2.13. The van der Waals surface area contributed by atoms with Gasteiger partial charge in [-0.1, -0.05) is 48.5 Å². The highest BCUT2D eigenvalue weighted by atomic mass is 16.3. The first kappa shape index (κ1) is 9.85. The van der Waals surface area contributed by atoms with Crippen LogP contribution in [0.1, 0.15) is 0 Å². The summed E-state index contributed by atoms with van der Waals surface area (Å²) in [5.74, 6) is -0.184. The first-order chi connectivity index (χ1) is 8.27. The highest BCUT2D eigenvalue weighted by molar-refractivity contribution is 6.07. The topological polar surface area (TPSA) is 37.3 Å². The minimum atomic E-state index is -0.345. The van der Waals surface area contributed by atoms with Crippen molar-refractivity contribution in [2.75, 3.05) is 0 Å². The Bertz CT molecular complexity index is 776.